The summed E-state index contributed by atoms with van der Waals surface area (Å²) in [6, 6.07) is 3.97. The second-order valence-electron chi connectivity index (χ2n) is 3.10. The van der Waals surface area contributed by atoms with Crippen molar-refractivity contribution >= 4 is 15.9 Å². The molecule has 0 saturated carbocycles. The van der Waals surface area contributed by atoms with E-state index in [0.29, 0.717) is 0 Å². The van der Waals surface area contributed by atoms with Gasteiger partial charge in [0, 0.05) is 6.04 Å². The Balaban J connectivity index is 3.30. The largest absolute Gasteiger partial charge is 0.496 e. The Bertz CT molecular complexity index is 310. The van der Waals surface area contributed by atoms with E-state index in [0.717, 1.165) is 15.8 Å². The molecule has 2 N–H and O–H groups in total. The first-order valence-electron chi connectivity index (χ1n) is 4.16. The van der Waals surface area contributed by atoms with Crippen LogP contribution in [0.3, 0.4) is 0 Å². The van der Waals surface area contributed by atoms with Crippen LogP contribution < -0.4 is 10.5 Å². The molecule has 0 radical (unpaired) electrons. The summed E-state index contributed by atoms with van der Waals surface area (Å²) in [6.45, 7) is 4.01. The molecule has 1 rings (SSSR count). The molecule has 3 heteroatoms. The predicted molar refractivity (Wildman–Crippen MR) is 58.0 cm³/mol. The van der Waals surface area contributed by atoms with Crippen LogP contribution in [0.4, 0.5) is 0 Å². The summed E-state index contributed by atoms with van der Waals surface area (Å²) in [5, 5.41) is 0. The first kappa shape index (κ1) is 10.5. The summed E-state index contributed by atoms with van der Waals surface area (Å²) in [5.74, 6) is 0.831. The van der Waals surface area contributed by atoms with E-state index in [2.05, 4.69) is 15.9 Å². The maximum absolute atomic E-state index is 5.85. The van der Waals surface area contributed by atoms with Crippen LogP contribution in [0.15, 0.2) is 16.6 Å². The Morgan fingerprint density at radius 1 is 1.46 bits per heavy atom. The first-order valence-corrected chi connectivity index (χ1v) is 4.95. The van der Waals surface area contributed by atoms with E-state index >= 15 is 0 Å². The number of halogens is 1. The van der Waals surface area contributed by atoms with Gasteiger partial charge in [-0.15, -0.1) is 0 Å². The second-order valence-corrected chi connectivity index (χ2v) is 3.89. The normalized spacial score (nSPS) is 12.7. The predicted octanol–water partition coefficient (Wildman–Crippen LogP) is 2.79. The highest BCUT2D eigenvalue weighted by atomic mass is 79.9. The molecule has 0 spiro atoms. The Morgan fingerprint density at radius 3 is 2.54 bits per heavy atom. The lowest BCUT2D eigenvalue weighted by atomic mass is 10.0. The van der Waals surface area contributed by atoms with E-state index in [9.17, 15) is 0 Å². The molecule has 0 aliphatic carbocycles. The van der Waals surface area contributed by atoms with Crippen LogP contribution in [0, 0.1) is 6.92 Å². The third-order valence-electron chi connectivity index (χ3n) is 2.04. The Labute approximate surface area is 87.2 Å². The fourth-order valence-corrected chi connectivity index (χ4v) is 2.35. The van der Waals surface area contributed by atoms with Crippen molar-refractivity contribution in [1.82, 2.24) is 0 Å². The molecule has 0 amide bonds. The summed E-state index contributed by atoms with van der Waals surface area (Å²) in [7, 11) is 1.65. The third kappa shape index (κ3) is 2.03. The maximum Gasteiger partial charge on any atom is 0.133 e. The molecule has 1 aromatic carbocycles. The number of benzene rings is 1. The maximum atomic E-state index is 5.85. The van der Waals surface area contributed by atoms with Gasteiger partial charge >= 0.3 is 0 Å². The molecule has 1 unspecified atom stereocenters. The minimum absolute atomic E-state index is 0.0180. The fourth-order valence-electron chi connectivity index (χ4n) is 1.39. The van der Waals surface area contributed by atoms with Crippen molar-refractivity contribution in [3.8, 4) is 5.75 Å². The van der Waals surface area contributed by atoms with Gasteiger partial charge in [0.25, 0.3) is 0 Å². The highest BCUT2D eigenvalue weighted by Gasteiger charge is 2.12. The van der Waals surface area contributed by atoms with Crippen LogP contribution in [0.1, 0.15) is 24.1 Å². The summed E-state index contributed by atoms with van der Waals surface area (Å²) < 4.78 is 6.15. The van der Waals surface area contributed by atoms with E-state index in [4.69, 9.17) is 10.5 Å². The molecule has 1 atom stereocenters. The van der Waals surface area contributed by atoms with Gasteiger partial charge in [0.1, 0.15) is 5.75 Å². The van der Waals surface area contributed by atoms with Gasteiger partial charge in [0.05, 0.1) is 11.6 Å². The monoisotopic (exact) mass is 243 g/mol. The smallest absolute Gasteiger partial charge is 0.133 e. The number of hydrogen-bond donors (Lipinski definition) is 1. The van der Waals surface area contributed by atoms with Gasteiger partial charge < -0.3 is 10.5 Å². The standard InChI is InChI=1S/C10H14BrNO/c1-6-4-5-8(13-3)10(11)9(6)7(2)12/h4-5,7H,12H2,1-3H3. The first-order chi connectivity index (χ1) is 6.07. The van der Waals surface area contributed by atoms with Crippen molar-refractivity contribution in [3.63, 3.8) is 0 Å². The molecule has 0 aliphatic heterocycles. The molecule has 0 fully saturated rings. The van der Waals surface area contributed by atoms with Crippen LogP contribution in [-0.2, 0) is 0 Å². The summed E-state index contributed by atoms with van der Waals surface area (Å²) in [4.78, 5) is 0. The van der Waals surface area contributed by atoms with E-state index in [1.807, 2.05) is 26.0 Å². The van der Waals surface area contributed by atoms with E-state index in [1.54, 1.807) is 7.11 Å². The van der Waals surface area contributed by atoms with Crippen LogP contribution in [0.2, 0.25) is 0 Å². The van der Waals surface area contributed by atoms with Crippen molar-refractivity contribution in [2.45, 2.75) is 19.9 Å². The third-order valence-corrected chi connectivity index (χ3v) is 2.86. The molecule has 0 saturated heterocycles. The number of methoxy groups -OCH3 is 1. The Morgan fingerprint density at radius 2 is 2.08 bits per heavy atom. The van der Waals surface area contributed by atoms with Gasteiger partial charge in [-0.2, -0.15) is 0 Å². The molecule has 1 aromatic rings. The van der Waals surface area contributed by atoms with Crippen LogP contribution in [-0.4, -0.2) is 7.11 Å². The van der Waals surface area contributed by atoms with E-state index < -0.39 is 0 Å². The molecule has 13 heavy (non-hydrogen) atoms. The molecular formula is C10H14BrNO. The van der Waals surface area contributed by atoms with Gasteiger partial charge in [-0.05, 0) is 47.0 Å². The van der Waals surface area contributed by atoms with Crippen molar-refractivity contribution in [1.29, 1.82) is 0 Å². The van der Waals surface area contributed by atoms with Crippen LogP contribution in [0.5, 0.6) is 5.75 Å². The Hall–Kier alpha value is -0.540. The topological polar surface area (TPSA) is 35.2 Å². The zero-order valence-electron chi connectivity index (χ0n) is 8.10. The average molecular weight is 244 g/mol. The molecule has 0 aliphatic rings. The minimum atomic E-state index is 0.0180. The van der Waals surface area contributed by atoms with Gasteiger partial charge in [-0.25, -0.2) is 0 Å². The van der Waals surface area contributed by atoms with Crippen LogP contribution >= 0.6 is 15.9 Å². The number of ether oxygens (including phenoxy) is 1. The number of aryl methyl sites for hydroxylation is 1. The molecule has 72 valence electrons. The lowest BCUT2D eigenvalue weighted by Gasteiger charge is -2.14. The SMILES string of the molecule is COc1ccc(C)c(C(C)N)c1Br. The molecule has 2 nitrogen and oxygen atoms in total. The van der Waals surface area contributed by atoms with Crippen molar-refractivity contribution in [3.05, 3.63) is 27.7 Å². The van der Waals surface area contributed by atoms with E-state index in [1.165, 1.54) is 5.56 Å². The molecule has 0 aromatic heterocycles. The summed E-state index contributed by atoms with van der Waals surface area (Å²) >= 11 is 3.49. The zero-order chi connectivity index (χ0) is 10.0. The van der Waals surface area contributed by atoms with Crippen LogP contribution in [0.25, 0.3) is 0 Å². The number of nitrogens with two attached hydrogens (primary N) is 1. The molecule has 0 bridgehead atoms. The highest BCUT2D eigenvalue weighted by molar-refractivity contribution is 9.10. The Kier molecular flexibility index (Phi) is 3.33. The highest BCUT2D eigenvalue weighted by Crippen LogP contribution is 2.33. The van der Waals surface area contributed by atoms with Crippen molar-refractivity contribution < 1.29 is 4.74 Å². The molecule has 0 heterocycles. The number of hydrogen-bond acceptors (Lipinski definition) is 2. The van der Waals surface area contributed by atoms with Gasteiger partial charge in [-0.1, -0.05) is 6.07 Å². The number of rotatable bonds is 2. The van der Waals surface area contributed by atoms with E-state index in [-0.39, 0.29) is 6.04 Å². The molecular weight excluding hydrogens is 230 g/mol. The zero-order valence-corrected chi connectivity index (χ0v) is 9.68. The van der Waals surface area contributed by atoms with Gasteiger partial charge in [-0.3, -0.25) is 0 Å². The fraction of sp³-hybridized carbons (Fsp3) is 0.400. The summed E-state index contributed by atoms with van der Waals surface area (Å²) in [6.07, 6.45) is 0. The lowest BCUT2D eigenvalue weighted by Crippen LogP contribution is -2.08. The van der Waals surface area contributed by atoms with Crippen molar-refractivity contribution in [2.24, 2.45) is 5.73 Å². The lowest BCUT2D eigenvalue weighted by molar-refractivity contribution is 0.411. The summed E-state index contributed by atoms with van der Waals surface area (Å²) in [5.41, 5.74) is 8.15. The average Bonchev–Trinajstić information content (AvgIpc) is 2.04. The second kappa shape index (κ2) is 4.11. The van der Waals surface area contributed by atoms with Crippen molar-refractivity contribution in [2.75, 3.05) is 7.11 Å². The van der Waals surface area contributed by atoms with Gasteiger partial charge in [0.2, 0.25) is 0 Å². The van der Waals surface area contributed by atoms with Gasteiger partial charge in [0.15, 0.2) is 0 Å². The minimum Gasteiger partial charge on any atom is -0.496 e. The quantitative estimate of drug-likeness (QED) is 0.868.